The molecule has 2 rings (SSSR count). The van der Waals surface area contributed by atoms with Crippen LogP contribution in [-0.4, -0.2) is 41.3 Å². The number of nitriles is 1. The van der Waals surface area contributed by atoms with Gasteiger partial charge in [-0.2, -0.15) is 5.26 Å². The van der Waals surface area contributed by atoms with Crippen molar-refractivity contribution in [1.82, 2.24) is 10.2 Å². The summed E-state index contributed by atoms with van der Waals surface area (Å²) in [6.45, 7) is 1.68. The van der Waals surface area contributed by atoms with Gasteiger partial charge in [0.1, 0.15) is 11.6 Å². The molecule has 2 amide bonds. The minimum atomic E-state index is -0.543. The first-order valence-electron chi connectivity index (χ1n) is 8.18. The second kappa shape index (κ2) is 9.17. The van der Waals surface area contributed by atoms with Crippen molar-refractivity contribution in [2.45, 2.75) is 19.3 Å². The third kappa shape index (κ3) is 5.31. The lowest BCUT2D eigenvalue weighted by molar-refractivity contribution is -0.384. The van der Waals surface area contributed by atoms with Crippen LogP contribution < -0.4 is 10.6 Å². The highest BCUT2D eigenvalue weighted by molar-refractivity contribution is 5.97. The monoisotopic (exact) mass is 357 g/mol. The lowest BCUT2D eigenvalue weighted by Crippen LogP contribution is -2.31. The van der Waals surface area contributed by atoms with Crippen molar-refractivity contribution in [3.8, 4) is 6.07 Å². The van der Waals surface area contributed by atoms with Gasteiger partial charge in [0, 0.05) is 50.1 Å². The zero-order chi connectivity index (χ0) is 18.9. The summed E-state index contributed by atoms with van der Waals surface area (Å²) in [6.07, 6.45) is 3.26. The molecule has 1 aromatic carbocycles. The molecule has 0 radical (unpaired) electrons. The largest absolute Gasteiger partial charge is 0.360 e. The van der Waals surface area contributed by atoms with Gasteiger partial charge >= 0.3 is 0 Å². The Kier molecular flexibility index (Phi) is 6.68. The zero-order valence-corrected chi connectivity index (χ0v) is 14.1. The highest BCUT2D eigenvalue weighted by Crippen LogP contribution is 2.17. The number of amides is 2. The van der Waals surface area contributed by atoms with Crippen molar-refractivity contribution in [3.63, 3.8) is 0 Å². The van der Waals surface area contributed by atoms with E-state index in [-0.39, 0.29) is 17.2 Å². The van der Waals surface area contributed by atoms with Gasteiger partial charge < -0.3 is 15.5 Å². The van der Waals surface area contributed by atoms with Crippen LogP contribution in [0.1, 0.15) is 19.3 Å². The van der Waals surface area contributed by atoms with Gasteiger partial charge in [-0.15, -0.1) is 0 Å². The molecule has 0 spiro atoms. The van der Waals surface area contributed by atoms with Crippen LogP contribution in [0.5, 0.6) is 0 Å². The van der Waals surface area contributed by atoms with Crippen LogP contribution in [0.15, 0.2) is 36.0 Å². The number of benzene rings is 1. The molecule has 9 nitrogen and oxygen atoms in total. The molecule has 0 saturated carbocycles. The molecule has 0 aliphatic carbocycles. The molecule has 1 aliphatic heterocycles. The molecule has 2 N–H and O–H groups in total. The van der Waals surface area contributed by atoms with E-state index in [1.165, 1.54) is 24.4 Å². The van der Waals surface area contributed by atoms with Crippen LogP contribution in [-0.2, 0) is 9.59 Å². The van der Waals surface area contributed by atoms with E-state index < -0.39 is 10.8 Å². The standard InChI is InChI=1S/C17H19N5O4/c18-11-13(12-20-14-4-1-5-15(10-14)22(25)26)17(24)19-7-3-9-21-8-2-6-16(21)23/h1,4-5,10,12,20H,2-3,6-9H2,(H,19,24)/b13-12-. The Balaban J connectivity index is 1.82. The molecule has 1 aliphatic rings. The Labute approximate surface area is 150 Å². The predicted molar refractivity (Wildman–Crippen MR) is 93.9 cm³/mol. The number of hydrogen-bond acceptors (Lipinski definition) is 6. The molecule has 0 unspecified atom stereocenters. The summed E-state index contributed by atoms with van der Waals surface area (Å²) in [6, 6.07) is 7.52. The molecule has 9 heteroatoms. The van der Waals surface area contributed by atoms with Crippen molar-refractivity contribution in [2.24, 2.45) is 0 Å². The molecule has 1 heterocycles. The van der Waals surface area contributed by atoms with E-state index in [9.17, 15) is 19.7 Å². The number of carbonyl (C=O) groups excluding carboxylic acids is 2. The molecular formula is C17H19N5O4. The lowest BCUT2D eigenvalue weighted by atomic mass is 10.2. The Morgan fingerprint density at radius 1 is 1.46 bits per heavy atom. The second-order valence-corrected chi connectivity index (χ2v) is 5.72. The number of likely N-dealkylation sites (tertiary alicyclic amines) is 1. The summed E-state index contributed by atoms with van der Waals surface area (Å²) in [4.78, 5) is 35.4. The number of carbonyl (C=O) groups is 2. The van der Waals surface area contributed by atoms with E-state index in [0.29, 0.717) is 31.6 Å². The third-order valence-corrected chi connectivity index (χ3v) is 3.87. The molecule has 0 atom stereocenters. The number of hydrogen-bond donors (Lipinski definition) is 2. The van der Waals surface area contributed by atoms with Crippen LogP contribution in [0.4, 0.5) is 11.4 Å². The SMILES string of the molecule is N#C/C(=C/Nc1cccc([N+](=O)[O-])c1)C(=O)NCCCN1CCCC1=O. The number of nitrogens with zero attached hydrogens (tertiary/aromatic N) is 3. The van der Waals surface area contributed by atoms with Gasteiger partial charge in [-0.3, -0.25) is 19.7 Å². The van der Waals surface area contributed by atoms with Crippen LogP contribution in [0.25, 0.3) is 0 Å². The van der Waals surface area contributed by atoms with Gasteiger partial charge in [0.2, 0.25) is 5.91 Å². The average molecular weight is 357 g/mol. The highest BCUT2D eigenvalue weighted by Gasteiger charge is 2.19. The molecule has 26 heavy (non-hydrogen) atoms. The summed E-state index contributed by atoms with van der Waals surface area (Å²) in [7, 11) is 0. The topological polar surface area (TPSA) is 128 Å². The van der Waals surface area contributed by atoms with Crippen LogP contribution >= 0.6 is 0 Å². The lowest BCUT2D eigenvalue weighted by Gasteiger charge is -2.15. The van der Waals surface area contributed by atoms with Gasteiger partial charge in [-0.25, -0.2) is 0 Å². The fraction of sp³-hybridized carbons (Fsp3) is 0.353. The number of nitrogens with one attached hydrogen (secondary N) is 2. The maximum absolute atomic E-state index is 12.0. The summed E-state index contributed by atoms with van der Waals surface area (Å²) in [5.41, 5.74) is 0.156. The molecule has 1 saturated heterocycles. The summed E-state index contributed by atoms with van der Waals surface area (Å²) in [5, 5.41) is 25.2. The number of non-ortho nitro benzene ring substituents is 1. The number of anilines is 1. The quantitative estimate of drug-likeness (QED) is 0.239. The summed E-state index contributed by atoms with van der Waals surface area (Å²) >= 11 is 0. The highest BCUT2D eigenvalue weighted by atomic mass is 16.6. The van der Waals surface area contributed by atoms with Gasteiger partial charge in [-0.1, -0.05) is 6.07 Å². The van der Waals surface area contributed by atoms with E-state index in [2.05, 4.69) is 10.6 Å². The van der Waals surface area contributed by atoms with Crippen LogP contribution in [0, 0.1) is 21.4 Å². The van der Waals surface area contributed by atoms with Crippen molar-refractivity contribution in [3.05, 3.63) is 46.2 Å². The number of nitro benzene ring substituents is 1. The smallest absolute Gasteiger partial charge is 0.271 e. The minimum absolute atomic E-state index is 0.0946. The van der Waals surface area contributed by atoms with Crippen molar-refractivity contribution >= 4 is 23.2 Å². The molecule has 0 aromatic heterocycles. The first-order chi connectivity index (χ1) is 12.5. The van der Waals surface area contributed by atoms with Crippen molar-refractivity contribution < 1.29 is 14.5 Å². The van der Waals surface area contributed by atoms with E-state index >= 15 is 0 Å². The molecule has 0 bridgehead atoms. The van der Waals surface area contributed by atoms with Gasteiger partial charge in [0.05, 0.1) is 4.92 Å². The van der Waals surface area contributed by atoms with Crippen LogP contribution in [0.3, 0.4) is 0 Å². The Bertz CT molecular complexity index is 769. The summed E-state index contributed by atoms with van der Waals surface area (Å²) in [5.74, 6) is -0.409. The average Bonchev–Trinajstić information content (AvgIpc) is 3.04. The Hall–Kier alpha value is -3.41. The maximum Gasteiger partial charge on any atom is 0.271 e. The maximum atomic E-state index is 12.0. The normalized spacial score (nSPS) is 14.0. The van der Waals surface area contributed by atoms with E-state index in [4.69, 9.17) is 5.26 Å². The van der Waals surface area contributed by atoms with Crippen LogP contribution in [0.2, 0.25) is 0 Å². The Morgan fingerprint density at radius 3 is 2.92 bits per heavy atom. The molecule has 1 fully saturated rings. The van der Waals surface area contributed by atoms with Crippen molar-refractivity contribution in [2.75, 3.05) is 25.0 Å². The first kappa shape index (κ1) is 18.9. The second-order valence-electron chi connectivity index (χ2n) is 5.72. The fourth-order valence-electron chi connectivity index (χ4n) is 2.52. The zero-order valence-electron chi connectivity index (χ0n) is 14.1. The van der Waals surface area contributed by atoms with E-state index in [1.807, 2.05) is 0 Å². The van der Waals surface area contributed by atoms with E-state index in [0.717, 1.165) is 13.0 Å². The first-order valence-corrected chi connectivity index (χ1v) is 8.18. The summed E-state index contributed by atoms with van der Waals surface area (Å²) < 4.78 is 0. The van der Waals surface area contributed by atoms with E-state index in [1.54, 1.807) is 17.0 Å². The molecular weight excluding hydrogens is 338 g/mol. The third-order valence-electron chi connectivity index (χ3n) is 3.87. The minimum Gasteiger partial charge on any atom is -0.360 e. The van der Waals surface area contributed by atoms with Gasteiger partial charge in [0.15, 0.2) is 0 Å². The number of rotatable bonds is 8. The van der Waals surface area contributed by atoms with Gasteiger partial charge in [0.25, 0.3) is 11.6 Å². The number of nitro groups is 1. The molecule has 1 aromatic rings. The predicted octanol–water partition coefficient (Wildman–Crippen LogP) is 1.54. The van der Waals surface area contributed by atoms with Crippen molar-refractivity contribution in [1.29, 1.82) is 5.26 Å². The van der Waals surface area contributed by atoms with Gasteiger partial charge in [-0.05, 0) is 18.9 Å². The Morgan fingerprint density at radius 2 is 2.27 bits per heavy atom. The molecule has 136 valence electrons. The fourth-order valence-corrected chi connectivity index (χ4v) is 2.52.